The van der Waals surface area contributed by atoms with Gasteiger partial charge in [-0.1, -0.05) is 12.1 Å². The number of carbonyl (C=O) groups is 3. The van der Waals surface area contributed by atoms with Crippen LogP contribution in [0.5, 0.6) is 17.2 Å². The van der Waals surface area contributed by atoms with Gasteiger partial charge in [-0.05, 0) is 32.3 Å². The molecule has 1 aliphatic heterocycles. The fraction of sp³-hybridized carbons (Fsp3) is 0.444. The molecule has 2 aliphatic carbocycles. The van der Waals surface area contributed by atoms with Crippen molar-refractivity contribution in [3.8, 4) is 17.2 Å². The Hall–Kier alpha value is -3.35. The molecule has 0 aromatic heterocycles. The molecule has 2 aromatic rings. The molecule has 0 radical (unpaired) electrons. The maximum absolute atomic E-state index is 13.1. The van der Waals surface area contributed by atoms with Crippen molar-refractivity contribution in [2.45, 2.75) is 57.1 Å². The molecule has 4 unspecified atom stereocenters. The van der Waals surface area contributed by atoms with E-state index in [1.165, 1.54) is 13.2 Å². The Kier molecular flexibility index (Phi) is 7.86. The number of methoxy groups -OCH3 is 1. The maximum atomic E-state index is 13.1. The van der Waals surface area contributed by atoms with Gasteiger partial charge >= 0.3 is 0 Å². The molecule has 204 valence electrons. The van der Waals surface area contributed by atoms with Crippen molar-refractivity contribution in [1.29, 1.82) is 0 Å². The van der Waals surface area contributed by atoms with Crippen LogP contribution in [-0.4, -0.2) is 81.1 Å². The quantitative estimate of drug-likeness (QED) is 0.256. The van der Waals surface area contributed by atoms with E-state index in [1.807, 2.05) is 0 Å². The number of hydrogen-bond donors (Lipinski definition) is 6. The Morgan fingerprint density at radius 1 is 1.08 bits per heavy atom. The van der Waals surface area contributed by atoms with E-state index in [9.17, 15) is 29.7 Å². The lowest BCUT2D eigenvalue weighted by Crippen LogP contribution is -2.51. The zero-order valence-corrected chi connectivity index (χ0v) is 21.0. The average molecular weight is 530 g/mol. The van der Waals surface area contributed by atoms with Gasteiger partial charge in [0.2, 0.25) is 5.78 Å². The first kappa shape index (κ1) is 27.7. The number of ketones is 3. The fourth-order valence-electron chi connectivity index (χ4n) is 5.32. The molecule has 0 bridgehead atoms. The molecule has 1 fully saturated rings. The van der Waals surface area contributed by atoms with Crippen LogP contribution in [0.2, 0.25) is 0 Å². The van der Waals surface area contributed by atoms with Gasteiger partial charge in [-0.25, -0.2) is 0 Å². The smallest absolute Gasteiger partial charge is 0.202 e. The molecule has 0 saturated carbocycles. The van der Waals surface area contributed by atoms with Crippen LogP contribution < -0.4 is 10.5 Å². The number of aromatic hydroxyl groups is 2. The van der Waals surface area contributed by atoms with Crippen molar-refractivity contribution >= 4 is 17.3 Å². The van der Waals surface area contributed by atoms with Gasteiger partial charge < -0.3 is 40.7 Å². The topological polar surface area (TPSA) is 197 Å². The standard InChI is InChI=1S/C21H18O7.C6H13NO3/c1-28-14-4-2-3-11-15(14)21(27)17-16(19(11)25)20(26)12-7-9(13(23)8-22)5-6-10(12)18(17)24;1-3-6(9)4(7)2-5(8)10-3/h2-4,9,22,24,26H,5-8H2,1H3;3-6,8-9H,2,7H2,1H3/t9-;/m0./s1. The van der Waals surface area contributed by atoms with E-state index >= 15 is 0 Å². The van der Waals surface area contributed by atoms with E-state index < -0.39 is 36.5 Å². The van der Waals surface area contributed by atoms with Crippen LogP contribution in [0.4, 0.5) is 0 Å². The van der Waals surface area contributed by atoms with Crippen LogP contribution in [-0.2, 0) is 22.4 Å². The maximum Gasteiger partial charge on any atom is 0.202 e. The zero-order valence-electron chi connectivity index (χ0n) is 21.0. The van der Waals surface area contributed by atoms with Crippen LogP contribution in [0.1, 0.15) is 62.7 Å². The first-order chi connectivity index (χ1) is 18.0. The lowest BCUT2D eigenvalue weighted by Gasteiger charge is -2.33. The minimum atomic E-state index is -0.812. The molecule has 11 nitrogen and oxygen atoms in total. The molecule has 3 aliphatic rings. The number of fused-ring (bicyclic) bond motifs is 3. The summed E-state index contributed by atoms with van der Waals surface area (Å²) < 4.78 is 10.1. The second-order valence-electron chi connectivity index (χ2n) is 9.70. The molecule has 5 rings (SSSR count). The van der Waals surface area contributed by atoms with Gasteiger partial charge in [-0.3, -0.25) is 14.4 Å². The Bertz CT molecular complexity index is 1280. The van der Waals surface area contributed by atoms with Crippen LogP contribution in [0.3, 0.4) is 0 Å². The molecule has 1 heterocycles. The van der Waals surface area contributed by atoms with Gasteiger partial charge in [0, 0.05) is 35.1 Å². The van der Waals surface area contributed by atoms with Gasteiger partial charge in [-0.2, -0.15) is 0 Å². The minimum Gasteiger partial charge on any atom is -0.507 e. The summed E-state index contributed by atoms with van der Waals surface area (Å²) in [5.74, 6) is -2.56. The molecular weight excluding hydrogens is 498 g/mol. The largest absolute Gasteiger partial charge is 0.507 e. The van der Waals surface area contributed by atoms with Crippen LogP contribution >= 0.6 is 0 Å². The highest BCUT2D eigenvalue weighted by Gasteiger charge is 2.41. The van der Waals surface area contributed by atoms with Gasteiger partial charge in [0.05, 0.1) is 36.0 Å². The number of phenols is 2. The second kappa shape index (κ2) is 10.8. The lowest BCUT2D eigenvalue weighted by atomic mass is 9.75. The number of phenolic OH excluding ortho intramolecular Hbond substituents is 2. The molecule has 1 saturated heterocycles. The van der Waals surface area contributed by atoms with E-state index in [0.717, 1.165) is 0 Å². The number of aliphatic hydroxyl groups excluding tert-OH is 3. The van der Waals surface area contributed by atoms with Gasteiger partial charge in [0.15, 0.2) is 17.9 Å². The van der Waals surface area contributed by atoms with Crippen molar-refractivity contribution in [3.63, 3.8) is 0 Å². The zero-order chi connectivity index (χ0) is 27.9. The molecule has 38 heavy (non-hydrogen) atoms. The van der Waals surface area contributed by atoms with Gasteiger partial charge in [0.1, 0.15) is 23.9 Å². The van der Waals surface area contributed by atoms with E-state index in [4.69, 9.17) is 25.4 Å². The first-order valence-electron chi connectivity index (χ1n) is 12.3. The van der Waals surface area contributed by atoms with Crippen molar-refractivity contribution in [3.05, 3.63) is 51.6 Å². The normalized spacial score (nSPS) is 25.9. The highest BCUT2D eigenvalue weighted by atomic mass is 16.6. The van der Waals surface area contributed by atoms with E-state index in [2.05, 4.69) is 0 Å². The van der Waals surface area contributed by atoms with Crippen LogP contribution in [0.25, 0.3) is 0 Å². The van der Waals surface area contributed by atoms with Gasteiger partial charge in [0.25, 0.3) is 0 Å². The highest BCUT2D eigenvalue weighted by Crippen LogP contribution is 2.47. The average Bonchev–Trinajstić information content (AvgIpc) is 2.91. The van der Waals surface area contributed by atoms with Crippen molar-refractivity contribution < 1.29 is 49.4 Å². The number of Topliss-reactive ketones (excluding diaryl/α,β-unsaturated/α-hetero) is 1. The Morgan fingerprint density at radius 2 is 1.74 bits per heavy atom. The minimum absolute atomic E-state index is 0.0568. The third-order valence-corrected chi connectivity index (χ3v) is 7.40. The first-order valence-corrected chi connectivity index (χ1v) is 12.3. The summed E-state index contributed by atoms with van der Waals surface area (Å²) in [7, 11) is 1.38. The monoisotopic (exact) mass is 529 g/mol. The summed E-state index contributed by atoms with van der Waals surface area (Å²) in [6.45, 7) is 1.08. The number of benzene rings is 2. The van der Waals surface area contributed by atoms with E-state index in [1.54, 1.807) is 19.1 Å². The predicted octanol–water partition coefficient (Wildman–Crippen LogP) is 0.350. The third-order valence-electron chi connectivity index (χ3n) is 7.40. The Balaban J connectivity index is 0.000000283. The van der Waals surface area contributed by atoms with Crippen LogP contribution in [0, 0.1) is 5.92 Å². The van der Waals surface area contributed by atoms with Gasteiger partial charge in [-0.15, -0.1) is 0 Å². The number of nitrogens with two attached hydrogens (primary N) is 1. The summed E-state index contributed by atoms with van der Waals surface area (Å²) in [5, 5.41) is 48.9. The summed E-state index contributed by atoms with van der Waals surface area (Å²) in [4.78, 5) is 38.1. The summed E-state index contributed by atoms with van der Waals surface area (Å²) in [6.07, 6.45) is -0.798. The lowest BCUT2D eigenvalue weighted by molar-refractivity contribution is -0.198. The van der Waals surface area contributed by atoms with Crippen molar-refractivity contribution in [2.75, 3.05) is 13.7 Å². The summed E-state index contributed by atoms with van der Waals surface area (Å²) in [6, 6.07) is 4.22. The Morgan fingerprint density at radius 3 is 2.37 bits per heavy atom. The van der Waals surface area contributed by atoms with E-state index in [0.29, 0.717) is 18.4 Å². The second-order valence-corrected chi connectivity index (χ2v) is 9.70. The molecule has 5 atom stereocenters. The number of carbonyl (C=O) groups excluding carboxylic acids is 3. The molecule has 7 N–H and O–H groups in total. The fourth-order valence-corrected chi connectivity index (χ4v) is 5.32. The highest BCUT2D eigenvalue weighted by molar-refractivity contribution is 6.31. The Labute approximate surface area is 218 Å². The number of ether oxygens (including phenoxy) is 2. The number of aliphatic hydroxyl groups is 3. The number of hydrogen-bond acceptors (Lipinski definition) is 11. The summed E-state index contributed by atoms with van der Waals surface area (Å²) in [5.41, 5.74) is 5.77. The summed E-state index contributed by atoms with van der Waals surface area (Å²) >= 11 is 0. The molecular formula is C27H31NO10. The number of rotatable bonds is 3. The third kappa shape index (κ3) is 4.67. The van der Waals surface area contributed by atoms with Crippen molar-refractivity contribution in [2.24, 2.45) is 11.7 Å². The molecule has 2 aromatic carbocycles. The van der Waals surface area contributed by atoms with Crippen molar-refractivity contribution in [1.82, 2.24) is 0 Å². The van der Waals surface area contributed by atoms with Crippen LogP contribution in [0.15, 0.2) is 18.2 Å². The van der Waals surface area contributed by atoms with E-state index in [-0.39, 0.29) is 75.8 Å². The molecule has 0 amide bonds. The SMILES string of the molecule is CC1OC(O)CC(N)C1O.COc1cccc2c1C(=O)c1c(O)c3c(c(O)c1C2=O)C[C@@H](C(=O)CO)CC3. The molecule has 0 spiro atoms. The predicted molar refractivity (Wildman–Crippen MR) is 132 cm³/mol. The molecule has 11 heteroatoms.